The van der Waals surface area contributed by atoms with Gasteiger partial charge in [0.2, 0.25) is 0 Å². The summed E-state index contributed by atoms with van der Waals surface area (Å²) in [6, 6.07) is 26.4. The smallest absolute Gasteiger partial charge is 0.414 e. The van der Waals surface area contributed by atoms with Crippen molar-refractivity contribution in [3.8, 4) is 0 Å². The SMILES string of the molecule is Brc1ccc2c(c1)C(N1CCN(CC=Cc3ccccc3)CC1)c1ccccc1C=C2.O.O=C(O)C(=O)O. The van der Waals surface area contributed by atoms with Crippen molar-refractivity contribution in [1.82, 2.24) is 9.80 Å². The minimum atomic E-state index is -1.82. The van der Waals surface area contributed by atoms with E-state index >= 15 is 0 Å². The second kappa shape index (κ2) is 13.8. The largest absolute Gasteiger partial charge is 0.473 e. The molecule has 1 aliphatic carbocycles. The zero-order valence-electron chi connectivity index (χ0n) is 20.8. The summed E-state index contributed by atoms with van der Waals surface area (Å²) in [5.74, 6) is -3.65. The quantitative estimate of drug-likeness (QED) is 0.434. The summed E-state index contributed by atoms with van der Waals surface area (Å²) in [5.41, 5.74) is 6.72. The van der Waals surface area contributed by atoms with Gasteiger partial charge in [-0.1, -0.05) is 101 Å². The van der Waals surface area contributed by atoms with Crippen LogP contribution in [-0.4, -0.2) is 70.2 Å². The van der Waals surface area contributed by atoms with Crippen LogP contribution in [0.15, 0.2) is 83.3 Å². The van der Waals surface area contributed by atoms with E-state index in [-0.39, 0.29) is 5.48 Å². The molecule has 5 rings (SSSR count). The molecule has 2 aliphatic rings. The van der Waals surface area contributed by atoms with Gasteiger partial charge in [-0.2, -0.15) is 0 Å². The van der Waals surface area contributed by atoms with Gasteiger partial charge in [0.25, 0.3) is 0 Å². The predicted molar refractivity (Wildman–Crippen MR) is 154 cm³/mol. The molecule has 0 aromatic heterocycles. The second-order valence-electron chi connectivity index (χ2n) is 8.90. The molecule has 1 saturated heterocycles. The first-order valence-corrected chi connectivity index (χ1v) is 12.9. The topological polar surface area (TPSA) is 113 Å². The molecule has 38 heavy (non-hydrogen) atoms. The van der Waals surface area contributed by atoms with Crippen molar-refractivity contribution < 1.29 is 25.3 Å². The van der Waals surface area contributed by atoms with Gasteiger partial charge in [0.1, 0.15) is 0 Å². The highest BCUT2D eigenvalue weighted by atomic mass is 79.9. The Hall–Kier alpha value is -3.56. The third-order valence-electron chi connectivity index (χ3n) is 6.50. The maximum Gasteiger partial charge on any atom is 0.414 e. The zero-order valence-corrected chi connectivity index (χ0v) is 22.4. The fourth-order valence-electron chi connectivity index (χ4n) is 4.69. The van der Waals surface area contributed by atoms with Gasteiger partial charge in [-0.15, -0.1) is 0 Å². The molecule has 1 aliphatic heterocycles. The van der Waals surface area contributed by atoms with E-state index in [1.807, 2.05) is 0 Å². The average molecular weight is 579 g/mol. The molecular formula is C30H31BrN2O5. The Morgan fingerprint density at radius 3 is 2.08 bits per heavy atom. The van der Waals surface area contributed by atoms with Crippen molar-refractivity contribution in [2.45, 2.75) is 6.04 Å². The Labute approximate surface area is 230 Å². The molecule has 4 N–H and O–H groups in total. The molecule has 1 atom stereocenters. The van der Waals surface area contributed by atoms with Crippen LogP contribution < -0.4 is 0 Å². The molecule has 7 nitrogen and oxygen atoms in total. The highest BCUT2D eigenvalue weighted by Gasteiger charge is 2.29. The van der Waals surface area contributed by atoms with Gasteiger partial charge in [0, 0.05) is 37.2 Å². The fraction of sp³-hybridized carbons (Fsp3) is 0.200. The van der Waals surface area contributed by atoms with Gasteiger partial charge >= 0.3 is 11.9 Å². The molecule has 3 aromatic carbocycles. The van der Waals surface area contributed by atoms with E-state index in [0.717, 1.165) is 37.2 Å². The number of nitrogens with zero attached hydrogens (tertiary/aromatic N) is 2. The lowest BCUT2D eigenvalue weighted by Crippen LogP contribution is -2.47. The van der Waals surface area contributed by atoms with E-state index in [1.54, 1.807) is 0 Å². The van der Waals surface area contributed by atoms with E-state index in [1.165, 1.54) is 27.8 Å². The first-order valence-electron chi connectivity index (χ1n) is 12.1. The van der Waals surface area contributed by atoms with Crippen molar-refractivity contribution in [1.29, 1.82) is 0 Å². The van der Waals surface area contributed by atoms with Crippen LogP contribution in [0.2, 0.25) is 0 Å². The van der Waals surface area contributed by atoms with Crippen molar-refractivity contribution in [2.24, 2.45) is 0 Å². The van der Waals surface area contributed by atoms with Gasteiger partial charge in [0.15, 0.2) is 0 Å². The molecule has 0 radical (unpaired) electrons. The summed E-state index contributed by atoms with van der Waals surface area (Å²) in [7, 11) is 0. The molecule has 1 unspecified atom stereocenters. The summed E-state index contributed by atoms with van der Waals surface area (Å²) < 4.78 is 1.15. The van der Waals surface area contributed by atoms with Crippen LogP contribution >= 0.6 is 15.9 Å². The number of carboxylic acids is 2. The summed E-state index contributed by atoms with van der Waals surface area (Å²) in [6.07, 6.45) is 9.06. The number of hydrogen-bond acceptors (Lipinski definition) is 4. The Balaban J connectivity index is 0.000000516. The number of halogens is 1. The molecule has 3 aromatic rings. The van der Waals surface area contributed by atoms with Crippen LogP contribution in [0.5, 0.6) is 0 Å². The van der Waals surface area contributed by atoms with Crippen LogP contribution in [0.3, 0.4) is 0 Å². The second-order valence-corrected chi connectivity index (χ2v) is 9.81. The summed E-state index contributed by atoms with van der Waals surface area (Å²) in [6.45, 7) is 5.34. The first kappa shape index (κ1) is 29.0. The zero-order chi connectivity index (χ0) is 26.2. The van der Waals surface area contributed by atoms with E-state index in [2.05, 4.69) is 123 Å². The van der Waals surface area contributed by atoms with Gasteiger partial charge in [-0.3, -0.25) is 9.80 Å². The fourth-order valence-corrected chi connectivity index (χ4v) is 5.07. The van der Waals surface area contributed by atoms with Gasteiger partial charge in [-0.05, 0) is 39.9 Å². The van der Waals surface area contributed by atoms with E-state index in [9.17, 15) is 0 Å². The number of carboxylic acid groups (broad SMARTS) is 2. The number of carbonyl (C=O) groups is 2. The molecule has 198 valence electrons. The number of hydrogen-bond donors (Lipinski definition) is 2. The average Bonchev–Trinajstić information content (AvgIpc) is 3.06. The Morgan fingerprint density at radius 2 is 1.42 bits per heavy atom. The van der Waals surface area contributed by atoms with Gasteiger partial charge in [-0.25, -0.2) is 9.59 Å². The third-order valence-corrected chi connectivity index (χ3v) is 7.00. The Kier molecular flexibility index (Phi) is 10.6. The highest BCUT2D eigenvalue weighted by Crippen LogP contribution is 2.38. The highest BCUT2D eigenvalue weighted by molar-refractivity contribution is 9.10. The molecule has 0 spiro atoms. The van der Waals surface area contributed by atoms with E-state index in [0.29, 0.717) is 6.04 Å². The summed E-state index contributed by atoms with van der Waals surface area (Å²) in [5, 5.41) is 14.8. The maximum absolute atomic E-state index is 9.10. The lowest BCUT2D eigenvalue weighted by Gasteiger charge is -2.40. The molecule has 1 fully saturated rings. The third kappa shape index (κ3) is 7.49. The van der Waals surface area contributed by atoms with Crippen molar-refractivity contribution in [3.05, 3.63) is 111 Å². The van der Waals surface area contributed by atoms with Crippen molar-refractivity contribution in [3.63, 3.8) is 0 Å². The predicted octanol–water partition coefficient (Wildman–Crippen LogP) is 4.68. The van der Waals surface area contributed by atoms with E-state index in [4.69, 9.17) is 19.8 Å². The summed E-state index contributed by atoms with van der Waals surface area (Å²) >= 11 is 3.71. The molecule has 0 bridgehead atoms. The van der Waals surface area contributed by atoms with Crippen LogP contribution in [0.25, 0.3) is 18.2 Å². The normalized spacial score (nSPS) is 16.8. The van der Waals surface area contributed by atoms with Crippen molar-refractivity contribution >= 4 is 46.1 Å². The number of aliphatic carboxylic acids is 2. The number of piperazine rings is 1. The molecular weight excluding hydrogens is 548 g/mol. The van der Waals surface area contributed by atoms with Crippen molar-refractivity contribution in [2.75, 3.05) is 32.7 Å². The minimum absolute atomic E-state index is 0. The Morgan fingerprint density at radius 1 is 0.816 bits per heavy atom. The van der Waals surface area contributed by atoms with Crippen LogP contribution in [0, 0.1) is 0 Å². The molecule has 1 heterocycles. The van der Waals surface area contributed by atoms with Gasteiger partial charge in [0.05, 0.1) is 6.04 Å². The lowest BCUT2D eigenvalue weighted by atomic mass is 9.92. The first-order chi connectivity index (χ1) is 17.9. The minimum Gasteiger partial charge on any atom is -0.473 e. The number of benzene rings is 3. The van der Waals surface area contributed by atoms with Crippen LogP contribution in [0.1, 0.15) is 33.9 Å². The van der Waals surface area contributed by atoms with E-state index < -0.39 is 11.9 Å². The standard InChI is InChI=1S/C28H27BrN2.C2H2O4.H2O/c29-25-15-14-24-13-12-23-10-4-5-11-26(23)28(27(24)21-25)31-19-17-30(18-20-31)16-6-9-22-7-2-1-3-8-22;3-1(4)2(5)6;/h1-15,21,28H,16-20H2;(H,3,4)(H,5,6);1H2. The molecule has 0 amide bonds. The summed E-state index contributed by atoms with van der Waals surface area (Å²) in [4.78, 5) is 23.4. The Bertz CT molecular complexity index is 1290. The number of fused-ring (bicyclic) bond motifs is 2. The number of rotatable bonds is 4. The monoisotopic (exact) mass is 578 g/mol. The maximum atomic E-state index is 9.10. The lowest BCUT2D eigenvalue weighted by molar-refractivity contribution is -0.159. The molecule has 0 saturated carbocycles. The van der Waals surface area contributed by atoms with Gasteiger partial charge < -0.3 is 15.7 Å². The van der Waals surface area contributed by atoms with Crippen LogP contribution in [0.4, 0.5) is 0 Å². The molecule has 8 heteroatoms. The van der Waals surface area contributed by atoms with Crippen LogP contribution in [-0.2, 0) is 9.59 Å².